The van der Waals surface area contributed by atoms with Gasteiger partial charge in [0.15, 0.2) is 10.1 Å². The van der Waals surface area contributed by atoms with Crippen LogP contribution in [0, 0.1) is 6.92 Å². The van der Waals surface area contributed by atoms with Crippen LogP contribution in [0.15, 0.2) is 53.4 Å². The Morgan fingerprint density at radius 2 is 1.92 bits per heavy atom. The second-order valence-electron chi connectivity index (χ2n) is 5.54. The third-order valence-electron chi connectivity index (χ3n) is 3.64. The molecular weight excluding hydrogens is 338 g/mol. The van der Waals surface area contributed by atoms with Gasteiger partial charge in [-0.15, -0.1) is 0 Å². The monoisotopic (exact) mass is 353 g/mol. The van der Waals surface area contributed by atoms with Crippen molar-refractivity contribution in [2.24, 2.45) is 0 Å². The number of hydrogen-bond acceptors (Lipinski definition) is 4. The fourth-order valence-corrected chi connectivity index (χ4v) is 3.76. The summed E-state index contributed by atoms with van der Waals surface area (Å²) in [7, 11) is 0. The number of anilines is 1. The quantitative estimate of drug-likeness (QED) is 0.459. The van der Waals surface area contributed by atoms with Gasteiger partial charge in [-0.1, -0.05) is 65.9 Å². The topological polar surface area (TPSA) is 37.4 Å². The molecule has 0 aromatic heterocycles. The van der Waals surface area contributed by atoms with Crippen LogP contribution in [0.25, 0.3) is 6.08 Å². The van der Waals surface area contributed by atoms with E-state index < -0.39 is 0 Å². The first kappa shape index (κ1) is 16.6. The Labute approximate surface area is 150 Å². The molecule has 0 bridgehead atoms. The summed E-state index contributed by atoms with van der Waals surface area (Å²) in [5.74, 6) is -0.204. The molecule has 0 N–H and O–H groups in total. The van der Waals surface area contributed by atoms with E-state index in [1.54, 1.807) is 24.3 Å². The van der Waals surface area contributed by atoms with Gasteiger partial charge >= 0.3 is 0 Å². The number of carbonyl (C=O) groups excluding carboxylic acids is 2. The van der Waals surface area contributed by atoms with E-state index in [0.29, 0.717) is 20.5 Å². The molecule has 0 radical (unpaired) electrons. The number of nitrogens with zero attached hydrogens (tertiary/aromatic N) is 1. The van der Waals surface area contributed by atoms with Crippen molar-refractivity contribution < 1.29 is 9.59 Å². The molecule has 0 saturated carbocycles. The lowest BCUT2D eigenvalue weighted by Gasteiger charge is -2.15. The van der Waals surface area contributed by atoms with Gasteiger partial charge in [0.25, 0.3) is 5.91 Å². The number of Topliss-reactive ketones (excluding diaryl/α,β-unsaturated/α-hetero) is 1. The van der Waals surface area contributed by atoms with Crippen molar-refractivity contribution in [1.29, 1.82) is 0 Å². The average molecular weight is 353 g/mol. The van der Waals surface area contributed by atoms with Crippen LogP contribution in [0.2, 0.25) is 0 Å². The van der Waals surface area contributed by atoms with Crippen molar-refractivity contribution in [1.82, 2.24) is 0 Å². The molecule has 120 valence electrons. The molecule has 1 fully saturated rings. The highest BCUT2D eigenvalue weighted by Gasteiger charge is 2.33. The zero-order valence-corrected chi connectivity index (χ0v) is 14.9. The van der Waals surface area contributed by atoms with E-state index in [-0.39, 0.29) is 11.7 Å². The molecule has 5 heteroatoms. The Morgan fingerprint density at radius 1 is 1.17 bits per heavy atom. The second-order valence-corrected chi connectivity index (χ2v) is 7.21. The normalized spacial score (nSPS) is 16.1. The highest BCUT2D eigenvalue weighted by atomic mass is 32.2. The minimum Gasteiger partial charge on any atom is -0.295 e. The Bertz CT molecular complexity index is 886. The number of benzene rings is 2. The van der Waals surface area contributed by atoms with Crippen LogP contribution in [0.5, 0.6) is 0 Å². The summed E-state index contributed by atoms with van der Waals surface area (Å²) in [6, 6.07) is 14.9. The van der Waals surface area contributed by atoms with Crippen LogP contribution < -0.4 is 4.90 Å². The molecule has 1 saturated heterocycles. The van der Waals surface area contributed by atoms with Crippen LogP contribution in [0.1, 0.15) is 28.4 Å². The number of aryl methyl sites for hydroxylation is 1. The maximum absolute atomic E-state index is 12.8. The van der Waals surface area contributed by atoms with Gasteiger partial charge in [-0.2, -0.15) is 0 Å². The fraction of sp³-hybridized carbons (Fsp3) is 0.105. The molecule has 1 aliphatic heterocycles. The van der Waals surface area contributed by atoms with E-state index in [4.69, 9.17) is 12.2 Å². The van der Waals surface area contributed by atoms with Gasteiger partial charge in [0.05, 0.1) is 10.6 Å². The highest BCUT2D eigenvalue weighted by molar-refractivity contribution is 8.27. The third-order valence-corrected chi connectivity index (χ3v) is 4.95. The first-order valence-electron chi connectivity index (χ1n) is 7.41. The average Bonchev–Trinajstić information content (AvgIpc) is 2.81. The minimum atomic E-state index is -0.160. The lowest BCUT2D eigenvalue weighted by atomic mass is 10.1. The summed E-state index contributed by atoms with van der Waals surface area (Å²) < 4.78 is 0.472. The van der Waals surface area contributed by atoms with Crippen molar-refractivity contribution in [3.8, 4) is 0 Å². The first-order chi connectivity index (χ1) is 11.5. The van der Waals surface area contributed by atoms with E-state index in [1.165, 1.54) is 23.6 Å². The Balaban J connectivity index is 1.95. The fourth-order valence-electron chi connectivity index (χ4n) is 2.47. The molecule has 1 heterocycles. The summed E-state index contributed by atoms with van der Waals surface area (Å²) >= 11 is 6.65. The van der Waals surface area contributed by atoms with Gasteiger partial charge < -0.3 is 0 Å². The SMILES string of the molecule is CC(=O)c1cccc(N2C(=O)C(=Cc3cccc(C)c3)SC2=S)c1. The number of hydrogen-bond donors (Lipinski definition) is 0. The molecule has 1 amide bonds. The molecule has 0 unspecified atom stereocenters. The first-order valence-corrected chi connectivity index (χ1v) is 8.64. The van der Waals surface area contributed by atoms with Gasteiger partial charge in [-0.25, -0.2) is 0 Å². The van der Waals surface area contributed by atoms with E-state index >= 15 is 0 Å². The Hall–Kier alpha value is -2.24. The molecule has 0 aliphatic carbocycles. The molecule has 0 spiro atoms. The standard InChI is InChI=1S/C19H15NO2S2/c1-12-5-3-6-14(9-12)10-17-18(22)20(19(23)24-17)16-8-4-7-15(11-16)13(2)21/h3-11H,1-2H3. The summed E-state index contributed by atoms with van der Waals surface area (Å²) in [5, 5.41) is 0. The molecule has 3 rings (SSSR count). The van der Waals surface area contributed by atoms with Crippen LogP contribution >= 0.6 is 24.0 Å². The van der Waals surface area contributed by atoms with Gasteiger partial charge in [-0.05, 0) is 37.6 Å². The van der Waals surface area contributed by atoms with E-state index in [0.717, 1.165) is 11.1 Å². The van der Waals surface area contributed by atoms with E-state index in [2.05, 4.69) is 0 Å². The Morgan fingerprint density at radius 3 is 2.62 bits per heavy atom. The molecular formula is C19H15NO2S2. The largest absolute Gasteiger partial charge is 0.295 e. The summed E-state index contributed by atoms with van der Waals surface area (Å²) in [4.78, 5) is 26.4. The molecule has 24 heavy (non-hydrogen) atoms. The maximum atomic E-state index is 12.8. The van der Waals surface area contributed by atoms with Crippen LogP contribution in [0.3, 0.4) is 0 Å². The van der Waals surface area contributed by atoms with E-state index in [9.17, 15) is 9.59 Å². The van der Waals surface area contributed by atoms with Gasteiger partial charge in [-0.3, -0.25) is 14.5 Å². The molecule has 3 nitrogen and oxygen atoms in total. The van der Waals surface area contributed by atoms with Crippen molar-refractivity contribution >= 4 is 51.8 Å². The summed E-state index contributed by atoms with van der Waals surface area (Å²) in [6.07, 6.45) is 1.85. The lowest BCUT2D eigenvalue weighted by Crippen LogP contribution is -2.27. The predicted molar refractivity (Wildman–Crippen MR) is 103 cm³/mol. The van der Waals surface area contributed by atoms with Crippen molar-refractivity contribution in [2.45, 2.75) is 13.8 Å². The van der Waals surface area contributed by atoms with Crippen molar-refractivity contribution in [3.63, 3.8) is 0 Å². The zero-order valence-electron chi connectivity index (χ0n) is 13.3. The Kier molecular flexibility index (Phi) is 4.64. The number of carbonyl (C=O) groups is 2. The highest BCUT2D eigenvalue weighted by Crippen LogP contribution is 2.36. The van der Waals surface area contributed by atoms with Crippen LogP contribution in [-0.4, -0.2) is 16.0 Å². The summed E-state index contributed by atoms with van der Waals surface area (Å²) in [5.41, 5.74) is 3.28. The van der Waals surface area contributed by atoms with Crippen molar-refractivity contribution in [3.05, 3.63) is 70.1 Å². The lowest BCUT2D eigenvalue weighted by molar-refractivity contribution is -0.113. The molecule has 1 aliphatic rings. The van der Waals surface area contributed by atoms with Crippen LogP contribution in [0.4, 0.5) is 5.69 Å². The number of thioether (sulfide) groups is 1. The van der Waals surface area contributed by atoms with E-state index in [1.807, 2.05) is 37.3 Å². The number of rotatable bonds is 3. The maximum Gasteiger partial charge on any atom is 0.270 e. The minimum absolute atomic E-state index is 0.0439. The zero-order chi connectivity index (χ0) is 17.3. The third kappa shape index (κ3) is 3.32. The van der Waals surface area contributed by atoms with Gasteiger partial charge in [0.2, 0.25) is 0 Å². The molecule has 2 aromatic rings. The smallest absolute Gasteiger partial charge is 0.270 e. The van der Waals surface area contributed by atoms with Gasteiger partial charge in [0, 0.05) is 5.56 Å². The molecule has 2 aromatic carbocycles. The predicted octanol–water partition coefficient (Wildman–Crippen LogP) is 4.60. The van der Waals surface area contributed by atoms with Crippen LogP contribution in [-0.2, 0) is 4.79 Å². The van der Waals surface area contributed by atoms with Gasteiger partial charge in [0.1, 0.15) is 0 Å². The molecule has 0 atom stereocenters. The number of ketones is 1. The number of thiocarbonyl (C=S) groups is 1. The second kappa shape index (κ2) is 6.71. The summed E-state index contributed by atoms with van der Waals surface area (Å²) in [6.45, 7) is 3.51. The number of amides is 1. The van der Waals surface area contributed by atoms with Crippen molar-refractivity contribution in [2.75, 3.05) is 4.90 Å².